The number of aromatic hydroxyl groups is 1. The normalized spacial score (nSPS) is 20.6. The van der Waals surface area contributed by atoms with Gasteiger partial charge in [-0.05, 0) is 70.4 Å². The number of rotatable bonds is 3. The van der Waals surface area contributed by atoms with Crippen LogP contribution in [-0.4, -0.2) is 10.7 Å². The van der Waals surface area contributed by atoms with Crippen molar-refractivity contribution in [1.82, 2.24) is 0 Å². The highest BCUT2D eigenvalue weighted by atomic mass is 16.5. The van der Waals surface area contributed by atoms with Gasteiger partial charge in [0.15, 0.2) is 0 Å². The predicted molar refractivity (Wildman–Crippen MR) is 79.6 cm³/mol. The number of ether oxygens (including phenoxy) is 1. The second-order valence-electron chi connectivity index (χ2n) is 5.76. The summed E-state index contributed by atoms with van der Waals surface area (Å²) in [4.78, 5) is 0. The van der Waals surface area contributed by atoms with E-state index in [-0.39, 0.29) is 11.4 Å². The maximum Gasteiger partial charge on any atom is 0.131 e. The molecule has 1 atom stereocenters. The number of phenols is 1. The van der Waals surface area contributed by atoms with Crippen molar-refractivity contribution in [3.8, 4) is 11.5 Å². The lowest BCUT2D eigenvalue weighted by molar-refractivity contribution is 0.128. The Morgan fingerprint density at radius 2 is 2.11 bits per heavy atom. The standard InChI is InChI=1S/C17H22O2/c1-12(2)6-5-8-17(4)9-7-14-15(18)10-13(3)11-16(14)19-17/h6-7,9-11,18H,5,8H2,1-4H3/t17-/m0/s1. The molecule has 0 amide bonds. The molecule has 1 aliphatic rings. The van der Waals surface area contributed by atoms with Gasteiger partial charge in [0.2, 0.25) is 0 Å². The van der Waals surface area contributed by atoms with E-state index >= 15 is 0 Å². The smallest absolute Gasteiger partial charge is 0.131 e. The molecule has 1 heterocycles. The molecular formula is C17H22O2. The molecule has 0 spiro atoms. The molecule has 1 aromatic carbocycles. The zero-order valence-electron chi connectivity index (χ0n) is 12.2. The molecule has 0 aromatic heterocycles. The van der Waals surface area contributed by atoms with Crippen molar-refractivity contribution in [2.24, 2.45) is 0 Å². The molecule has 19 heavy (non-hydrogen) atoms. The fourth-order valence-electron chi connectivity index (χ4n) is 2.32. The van der Waals surface area contributed by atoms with E-state index in [1.165, 1.54) is 5.57 Å². The van der Waals surface area contributed by atoms with Crippen LogP contribution in [0.5, 0.6) is 11.5 Å². The first-order chi connectivity index (χ1) is 8.89. The molecule has 2 nitrogen and oxygen atoms in total. The Morgan fingerprint density at radius 1 is 1.37 bits per heavy atom. The Balaban J connectivity index is 2.20. The van der Waals surface area contributed by atoms with E-state index in [4.69, 9.17) is 4.74 Å². The molecule has 0 aliphatic carbocycles. The highest BCUT2D eigenvalue weighted by molar-refractivity contribution is 5.67. The van der Waals surface area contributed by atoms with Crippen LogP contribution in [0, 0.1) is 6.92 Å². The van der Waals surface area contributed by atoms with Gasteiger partial charge in [0.25, 0.3) is 0 Å². The third kappa shape index (κ3) is 3.19. The molecule has 0 bridgehead atoms. The van der Waals surface area contributed by atoms with E-state index in [0.717, 1.165) is 29.7 Å². The molecule has 0 saturated carbocycles. The lowest BCUT2D eigenvalue weighted by Gasteiger charge is -2.32. The predicted octanol–water partition coefficient (Wildman–Crippen LogP) is 4.61. The fourth-order valence-corrected chi connectivity index (χ4v) is 2.32. The van der Waals surface area contributed by atoms with E-state index in [1.807, 2.05) is 25.1 Å². The molecule has 0 fully saturated rings. The van der Waals surface area contributed by atoms with E-state index < -0.39 is 0 Å². The van der Waals surface area contributed by atoms with Crippen molar-refractivity contribution in [3.63, 3.8) is 0 Å². The van der Waals surface area contributed by atoms with E-state index in [1.54, 1.807) is 6.07 Å². The summed E-state index contributed by atoms with van der Waals surface area (Å²) >= 11 is 0. The summed E-state index contributed by atoms with van der Waals surface area (Å²) < 4.78 is 6.09. The van der Waals surface area contributed by atoms with E-state index in [0.29, 0.717) is 0 Å². The van der Waals surface area contributed by atoms with Gasteiger partial charge in [-0.25, -0.2) is 0 Å². The summed E-state index contributed by atoms with van der Waals surface area (Å²) in [6.07, 6.45) is 8.17. The van der Waals surface area contributed by atoms with Gasteiger partial charge in [0.1, 0.15) is 17.1 Å². The number of fused-ring (bicyclic) bond motifs is 1. The van der Waals surface area contributed by atoms with Gasteiger partial charge >= 0.3 is 0 Å². The van der Waals surface area contributed by atoms with Crippen LogP contribution < -0.4 is 4.74 Å². The molecule has 1 N–H and O–H groups in total. The van der Waals surface area contributed by atoms with Crippen LogP contribution in [0.2, 0.25) is 0 Å². The maximum atomic E-state index is 9.92. The Labute approximate surface area is 115 Å². The van der Waals surface area contributed by atoms with Gasteiger partial charge in [-0.2, -0.15) is 0 Å². The van der Waals surface area contributed by atoms with Crippen LogP contribution in [-0.2, 0) is 0 Å². The minimum absolute atomic E-state index is 0.289. The van der Waals surface area contributed by atoms with E-state index in [2.05, 4.69) is 26.8 Å². The Morgan fingerprint density at radius 3 is 2.79 bits per heavy atom. The molecule has 2 heteroatoms. The van der Waals surface area contributed by atoms with Crippen molar-refractivity contribution in [2.75, 3.05) is 0 Å². The lowest BCUT2D eigenvalue weighted by atomic mass is 9.94. The summed E-state index contributed by atoms with van der Waals surface area (Å²) in [5.41, 5.74) is 2.83. The van der Waals surface area contributed by atoms with Crippen LogP contribution in [0.4, 0.5) is 0 Å². The Kier molecular flexibility index (Phi) is 3.70. The molecule has 1 aromatic rings. The number of aryl methyl sites for hydroxylation is 1. The number of phenolic OH excluding ortho intramolecular Hbond substituents is 1. The quantitative estimate of drug-likeness (QED) is 0.802. The van der Waals surface area contributed by atoms with Gasteiger partial charge in [0, 0.05) is 0 Å². The summed E-state index contributed by atoms with van der Waals surface area (Å²) in [7, 11) is 0. The van der Waals surface area contributed by atoms with Crippen LogP contribution in [0.1, 0.15) is 44.7 Å². The molecule has 0 unspecified atom stereocenters. The van der Waals surface area contributed by atoms with Gasteiger partial charge in [0.05, 0.1) is 5.56 Å². The van der Waals surface area contributed by atoms with Crippen molar-refractivity contribution < 1.29 is 9.84 Å². The Bertz CT molecular complexity index is 536. The second kappa shape index (κ2) is 5.12. The third-order valence-electron chi connectivity index (χ3n) is 3.40. The van der Waals surface area contributed by atoms with Crippen molar-refractivity contribution in [3.05, 3.63) is 41.0 Å². The molecule has 1 aliphatic heterocycles. The first-order valence-corrected chi connectivity index (χ1v) is 6.75. The van der Waals surface area contributed by atoms with Crippen LogP contribution in [0.25, 0.3) is 6.08 Å². The summed E-state index contributed by atoms with van der Waals surface area (Å²) in [5.74, 6) is 1.07. The first kappa shape index (κ1) is 13.7. The highest BCUT2D eigenvalue weighted by Crippen LogP contribution is 2.38. The maximum absolute atomic E-state index is 9.92. The number of hydrogen-bond donors (Lipinski definition) is 1. The Hall–Kier alpha value is -1.70. The summed E-state index contributed by atoms with van der Waals surface area (Å²) in [5, 5.41) is 9.92. The van der Waals surface area contributed by atoms with Crippen LogP contribution in [0.15, 0.2) is 29.9 Å². The summed E-state index contributed by atoms with van der Waals surface area (Å²) in [6.45, 7) is 8.26. The van der Waals surface area contributed by atoms with Crippen molar-refractivity contribution >= 4 is 6.08 Å². The fraction of sp³-hybridized carbons (Fsp3) is 0.412. The zero-order valence-corrected chi connectivity index (χ0v) is 12.2. The first-order valence-electron chi connectivity index (χ1n) is 6.75. The molecule has 0 radical (unpaired) electrons. The van der Waals surface area contributed by atoms with Crippen LogP contribution >= 0.6 is 0 Å². The van der Waals surface area contributed by atoms with Gasteiger partial charge in [-0.15, -0.1) is 0 Å². The topological polar surface area (TPSA) is 29.5 Å². The zero-order chi connectivity index (χ0) is 14.0. The molecule has 102 valence electrons. The van der Waals surface area contributed by atoms with Gasteiger partial charge < -0.3 is 9.84 Å². The van der Waals surface area contributed by atoms with Crippen molar-refractivity contribution in [2.45, 2.75) is 46.1 Å². The minimum Gasteiger partial charge on any atom is -0.507 e. The lowest BCUT2D eigenvalue weighted by Crippen LogP contribution is -2.31. The average Bonchev–Trinajstić information content (AvgIpc) is 2.26. The SMILES string of the molecule is CC(C)=CCC[C@@]1(C)C=Cc2c(O)cc(C)cc2O1. The number of hydrogen-bond acceptors (Lipinski definition) is 2. The molecular weight excluding hydrogens is 236 g/mol. The third-order valence-corrected chi connectivity index (χ3v) is 3.40. The van der Waals surface area contributed by atoms with Crippen molar-refractivity contribution in [1.29, 1.82) is 0 Å². The highest BCUT2D eigenvalue weighted by Gasteiger charge is 2.27. The average molecular weight is 258 g/mol. The molecule has 2 rings (SSSR count). The minimum atomic E-state index is -0.292. The molecule has 0 saturated heterocycles. The number of benzene rings is 1. The largest absolute Gasteiger partial charge is 0.507 e. The van der Waals surface area contributed by atoms with Gasteiger partial charge in [-0.3, -0.25) is 0 Å². The van der Waals surface area contributed by atoms with E-state index in [9.17, 15) is 5.11 Å². The monoisotopic (exact) mass is 258 g/mol. The van der Waals surface area contributed by atoms with Crippen LogP contribution in [0.3, 0.4) is 0 Å². The summed E-state index contributed by atoms with van der Waals surface area (Å²) in [6, 6.07) is 3.75. The van der Waals surface area contributed by atoms with Gasteiger partial charge in [-0.1, -0.05) is 11.6 Å². The second-order valence-corrected chi connectivity index (χ2v) is 5.76. The number of allylic oxidation sites excluding steroid dienone is 2.